The van der Waals surface area contributed by atoms with E-state index in [0.29, 0.717) is 22.5 Å². The van der Waals surface area contributed by atoms with Crippen molar-refractivity contribution < 1.29 is 30.0 Å². The molecule has 186 valence electrons. The van der Waals surface area contributed by atoms with Crippen molar-refractivity contribution in [2.24, 2.45) is 23.2 Å². The summed E-state index contributed by atoms with van der Waals surface area (Å²) in [6.45, 7) is 0. The molecule has 0 bridgehead atoms. The van der Waals surface area contributed by atoms with Gasteiger partial charge in [-0.15, -0.1) is 0 Å². The van der Waals surface area contributed by atoms with Gasteiger partial charge in [0.2, 0.25) is 0 Å². The number of nitrogens with zero attached hydrogens (tertiary/aromatic N) is 2. The van der Waals surface area contributed by atoms with Crippen LogP contribution in [-0.4, -0.2) is 32.4 Å². The molecule has 36 heavy (non-hydrogen) atoms. The lowest BCUT2D eigenvalue weighted by molar-refractivity contribution is 0.0682. The van der Waals surface area contributed by atoms with Crippen molar-refractivity contribution in [2.75, 3.05) is 10.0 Å². The predicted octanol–water partition coefficient (Wildman–Crippen LogP) is 1.77. The molecule has 0 spiro atoms. The minimum Gasteiger partial charge on any atom is -0.507 e. The summed E-state index contributed by atoms with van der Waals surface area (Å²) in [7, 11) is 0. The molecule has 0 aliphatic rings. The van der Waals surface area contributed by atoms with Gasteiger partial charge in [0.25, 0.3) is 0 Å². The summed E-state index contributed by atoms with van der Waals surface area (Å²) in [5, 5.41) is 40.0. The number of hydrogen-bond acceptors (Lipinski definition) is 10. The van der Waals surface area contributed by atoms with E-state index in [2.05, 4.69) is 0 Å². The second kappa shape index (κ2) is 10.4. The minimum atomic E-state index is -1.27. The molecule has 3 aromatic carbocycles. The van der Waals surface area contributed by atoms with Crippen LogP contribution in [0.3, 0.4) is 0 Å². The molecule has 12 heteroatoms. The van der Waals surface area contributed by atoms with E-state index in [1.165, 1.54) is 48.8 Å². The predicted molar refractivity (Wildman–Crippen MR) is 134 cm³/mol. The average Bonchev–Trinajstić information content (AvgIpc) is 2.83. The largest absolute Gasteiger partial charge is 0.507 e. The molecule has 0 aliphatic heterocycles. The van der Waals surface area contributed by atoms with E-state index >= 15 is 0 Å². The third-order valence-electron chi connectivity index (χ3n) is 5.13. The van der Waals surface area contributed by atoms with Crippen molar-refractivity contribution in [3.63, 3.8) is 0 Å². The Bertz CT molecular complexity index is 1270. The maximum atomic E-state index is 11.0. The van der Waals surface area contributed by atoms with Crippen LogP contribution in [-0.2, 0) is 0 Å². The van der Waals surface area contributed by atoms with Crippen molar-refractivity contribution >= 4 is 34.7 Å². The molecule has 0 radical (unpaired) electrons. The lowest BCUT2D eigenvalue weighted by atomic mass is 10.1. The number of carboxylic acids is 2. The van der Waals surface area contributed by atoms with Crippen LogP contribution in [0.4, 0.5) is 11.4 Å². The maximum Gasteiger partial charge on any atom is 0.339 e. The molecule has 12 nitrogen and oxygen atoms in total. The van der Waals surface area contributed by atoms with Gasteiger partial charge in [-0.3, -0.25) is 10.0 Å². The van der Waals surface area contributed by atoms with Crippen LogP contribution in [0.25, 0.3) is 11.4 Å². The molecule has 0 fully saturated rings. The Morgan fingerprint density at radius 3 is 1.25 bits per heavy atom. The standard InChI is InChI=1S/C24H24N6O6/c25-19(11-29(27)15-5-7-17(23(33)34)21(31)9-15)13-1-2-14(4-3-13)20(26)12-30(28)16-6-8-18(24(35)36)22(32)10-16/h1-12,31-32H,25-28H2,(H,33,34)(H,35,36)/b19-11-,20-12-. The molecule has 12 N–H and O–H groups in total. The van der Waals surface area contributed by atoms with Crippen molar-refractivity contribution in [3.8, 4) is 11.5 Å². The summed E-state index contributed by atoms with van der Waals surface area (Å²) in [5.41, 5.74) is 14.1. The highest BCUT2D eigenvalue weighted by Crippen LogP contribution is 2.26. The van der Waals surface area contributed by atoms with Crippen LogP contribution >= 0.6 is 0 Å². The second-order valence-corrected chi connectivity index (χ2v) is 7.57. The van der Waals surface area contributed by atoms with Gasteiger partial charge in [0.1, 0.15) is 22.6 Å². The van der Waals surface area contributed by atoms with Gasteiger partial charge in [0.05, 0.1) is 22.8 Å². The monoisotopic (exact) mass is 492 g/mol. The van der Waals surface area contributed by atoms with E-state index in [4.69, 9.17) is 33.4 Å². The van der Waals surface area contributed by atoms with Gasteiger partial charge in [0, 0.05) is 24.5 Å². The number of rotatable bonds is 8. The van der Waals surface area contributed by atoms with Gasteiger partial charge in [0.15, 0.2) is 0 Å². The quantitative estimate of drug-likeness (QED) is 0.166. The Morgan fingerprint density at radius 2 is 0.972 bits per heavy atom. The first kappa shape index (κ1) is 25.4. The van der Waals surface area contributed by atoms with E-state index in [-0.39, 0.29) is 22.5 Å². The molecular weight excluding hydrogens is 468 g/mol. The smallest absolute Gasteiger partial charge is 0.339 e. The summed E-state index contributed by atoms with van der Waals surface area (Å²) in [4.78, 5) is 22.1. The number of hydrogen-bond donors (Lipinski definition) is 8. The maximum absolute atomic E-state index is 11.0. The van der Waals surface area contributed by atoms with Crippen LogP contribution in [0, 0.1) is 0 Å². The van der Waals surface area contributed by atoms with Gasteiger partial charge in [-0.05, 0) is 35.4 Å². The van der Waals surface area contributed by atoms with Gasteiger partial charge < -0.3 is 31.9 Å². The lowest BCUT2D eigenvalue weighted by Gasteiger charge is -2.17. The zero-order valence-electron chi connectivity index (χ0n) is 18.7. The fourth-order valence-electron chi connectivity index (χ4n) is 3.18. The van der Waals surface area contributed by atoms with Crippen molar-refractivity contribution in [2.45, 2.75) is 0 Å². The van der Waals surface area contributed by atoms with E-state index in [0.717, 1.165) is 10.0 Å². The fraction of sp³-hybridized carbons (Fsp3) is 0. The molecular formula is C24H24N6O6. The Balaban J connectivity index is 1.75. The van der Waals surface area contributed by atoms with E-state index < -0.39 is 23.4 Å². The highest BCUT2D eigenvalue weighted by molar-refractivity contribution is 5.92. The van der Waals surface area contributed by atoms with Crippen LogP contribution < -0.4 is 33.2 Å². The normalized spacial score (nSPS) is 11.7. The molecule has 0 amide bonds. The zero-order valence-corrected chi connectivity index (χ0v) is 18.7. The number of benzene rings is 3. The summed E-state index contributed by atoms with van der Waals surface area (Å²) in [6, 6.07) is 14.5. The Morgan fingerprint density at radius 1 is 0.639 bits per heavy atom. The summed E-state index contributed by atoms with van der Waals surface area (Å²) in [5.74, 6) is 8.55. The van der Waals surface area contributed by atoms with Gasteiger partial charge in [-0.1, -0.05) is 24.3 Å². The molecule has 0 atom stereocenters. The first-order valence-corrected chi connectivity index (χ1v) is 10.2. The van der Waals surface area contributed by atoms with Crippen LogP contribution in [0.1, 0.15) is 31.8 Å². The Labute approximate surface area is 205 Å². The van der Waals surface area contributed by atoms with Crippen LogP contribution in [0.5, 0.6) is 11.5 Å². The summed E-state index contributed by atoms with van der Waals surface area (Å²) in [6.07, 6.45) is 2.80. The summed E-state index contributed by atoms with van der Waals surface area (Å²) < 4.78 is 0. The lowest BCUT2D eigenvalue weighted by Crippen LogP contribution is -2.26. The molecule has 3 aromatic rings. The highest BCUT2D eigenvalue weighted by atomic mass is 16.4. The molecule has 0 unspecified atom stereocenters. The number of aromatic hydroxyl groups is 2. The number of carbonyl (C=O) groups is 2. The average molecular weight is 492 g/mol. The number of anilines is 2. The Hall–Kier alpha value is -5.20. The van der Waals surface area contributed by atoms with E-state index in [1.807, 2.05) is 0 Å². The second-order valence-electron chi connectivity index (χ2n) is 7.57. The molecule has 0 aromatic heterocycles. The summed E-state index contributed by atoms with van der Waals surface area (Å²) >= 11 is 0. The molecule has 0 aliphatic carbocycles. The van der Waals surface area contributed by atoms with Crippen LogP contribution in [0.2, 0.25) is 0 Å². The molecule has 0 saturated carbocycles. The van der Waals surface area contributed by atoms with E-state index in [1.54, 1.807) is 24.3 Å². The van der Waals surface area contributed by atoms with Crippen molar-refractivity contribution in [1.29, 1.82) is 0 Å². The first-order chi connectivity index (χ1) is 17.0. The molecule has 0 heterocycles. The topological polar surface area (TPSA) is 226 Å². The zero-order chi connectivity index (χ0) is 26.6. The van der Waals surface area contributed by atoms with Crippen LogP contribution in [0.15, 0.2) is 73.1 Å². The number of phenols is 2. The van der Waals surface area contributed by atoms with E-state index in [9.17, 15) is 19.8 Å². The minimum absolute atomic E-state index is 0.254. The van der Waals surface area contributed by atoms with Gasteiger partial charge >= 0.3 is 11.9 Å². The molecule has 3 rings (SSSR count). The first-order valence-electron chi connectivity index (χ1n) is 10.2. The number of aromatic carboxylic acids is 2. The van der Waals surface area contributed by atoms with Gasteiger partial charge in [-0.2, -0.15) is 0 Å². The number of hydrazine groups is 2. The Kier molecular flexibility index (Phi) is 7.33. The fourth-order valence-corrected chi connectivity index (χ4v) is 3.18. The van der Waals surface area contributed by atoms with Crippen molar-refractivity contribution in [1.82, 2.24) is 0 Å². The number of carboxylic acid groups (broad SMARTS) is 2. The SMILES string of the molecule is N/C(=C\N(N)c1ccc(C(=O)O)c(O)c1)c1ccc(/C(N)=C/N(N)c2ccc(C(=O)O)c(O)c2)cc1. The number of nitrogens with two attached hydrogens (primary N) is 4. The van der Waals surface area contributed by atoms with Gasteiger partial charge in [-0.25, -0.2) is 21.3 Å². The molecule has 0 saturated heterocycles. The van der Waals surface area contributed by atoms with Crippen molar-refractivity contribution in [3.05, 3.63) is 95.3 Å². The third-order valence-corrected chi connectivity index (χ3v) is 5.13. The highest BCUT2D eigenvalue weighted by Gasteiger charge is 2.13. The third kappa shape index (κ3) is 5.64.